The van der Waals surface area contributed by atoms with Gasteiger partial charge in [0.15, 0.2) is 0 Å². The van der Waals surface area contributed by atoms with Gasteiger partial charge in [0, 0.05) is 16.5 Å². The Hall–Kier alpha value is -0.180. The molecule has 12 heavy (non-hydrogen) atoms. The highest BCUT2D eigenvalue weighted by atomic mass is 35.5. The highest BCUT2D eigenvalue weighted by Gasteiger charge is 1.93. The largest absolute Gasteiger partial charge is 0.357 e. The minimum absolute atomic E-state index is 0.806. The van der Waals surface area contributed by atoms with E-state index in [1.54, 1.807) is 0 Å². The molecule has 0 aliphatic rings. The number of hydrogen-bond donors (Lipinski definition) is 1. The number of quaternary nitrogens is 1. The summed E-state index contributed by atoms with van der Waals surface area (Å²) in [6.07, 6.45) is 0. The van der Waals surface area contributed by atoms with E-state index < -0.39 is 0 Å². The van der Waals surface area contributed by atoms with Crippen molar-refractivity contribution in [1.29, 1.82) is 0 Å². The van der Waals surface area contributed by atoms with Crippen LogP contribution in [0.4, 0.5) is 0 Å². The summed E-state index contributed by atoms with van der Waals surface area (Å²) in [6, 6.07) is 8.00. The zero-order valence-corrected chi connectivity index (χ0v) is 8.50. The maximum atomic E-state index is 5.76. The van der Waals surface area contributed by atoms with Crippen molar-refractivity contribution in [2.75, 3.05) is 12.3 Å². The summed E-state index contributed by atoms with van der Waals surface area (Å²) in [6.45, 7) is 0.998. The molecule has 0 spiro atoms. The van der Waals surface area contributed by atoms with Gasteiger partial charge >= 0.3 is 0 Å². The summed E-state index contributed by atoms with van der Waals surface area (Å²) in [5.41, 5.74) is 5.12. The Morgan fingerprint density at radius 2 is 1.92 bits per heavy atom. The van der Waals surface area contributed by atoms with Gasteiger partial charge in [-0.15, -0.1) is 0 Å². The monoisotopic (exact) mass is 202 g/mol. The van der Waals surface area contributed by atoms with Crippen molar-refractivity contribution in [3.63, 3.8) is 0 Å². The molecular formula is C9H13ClNS+. The smallest absolute Gasteiger partial charge is 0.0831 e. The lowest BCUT2D eigenvalue weighted by Crippen LogP contribution is -2.51. The molecule has 1 aromatic carbocycles. The van der Waals surface area contributed by atoms with Gasteiger partial charge in [0.25, 0.3) is 0 Å². The molecule has 0 radical (unpaired) electrons. The maximum Gasteiger partial charge on any atom is 0.0831 e. The Kier molecular flexibility index (Phi) is 4.51. The molecule has 1 rings (SSSR count). The average Bonchev–Trinajstić information content (AvgIpc) is 2.09. The molecule has 0 amide bonds. The van der Waals surface area contributed by atoms with Crippen LogP contribution in [0.2, 0.25) is 5.02 Å². The molecule has 3 N–H and O–H groups in total. The fraction of sp³-hybridized carbons (Fsp3) is 0.333. The topological polar surface area (TPSA) is 27.6 Å². The van der Waals surface area contributed by atoms with Crippen LogP contribution in [0.5, 0.6) is 0 Å². The van der Waals surface area contributed by atoms with E-state index in [9.17, 15) is 0 Å². The third kappa shape index (κ3) is 3.48. The zero-order valence-electron chi connectivity index (χ0n) is 6.92. The van der Waals surface area contributed by atoms with E-state index in [0.717, 1.165) is 23.1 Å². The first-order chi connectivity index (χ1) is 5.83. The normalized spacial score (nSPS) is 10.2. The van der Waals surface area contributed by atoms with E-state index in [4.69, 9.17) is 11.6 Å². The van der Waals surface area contributed by atoms with Crippen molar-refractivity contribution in [2.24, 2.45) is 0 Å². The molecule has 0 heterocycles. The van der Waals surface area contributed by atoms with Crippen LogP contribution in [0.1, 0.15) is 5.56 Å². The molecule has 0 atom stereocenters. The van der Waals surface area contributed by atoms with Crippen LogP contribution < -0.4 is 5.73 Å². The van der Waals surface area contributed by atoms with E-state index in [1.807, 2.05) is 23.9 Å². The molecule has 66 valence electrons. The van der Waals surface area contributed by atoms with Gasteiger partial charge in [-0.1, -0.05) is 23.7 Å². The number of rotatable bonds is 4. The van der Waals surface area contributed by atoms with Gasteiger partial charge in [0.1, 0.15) is 0 Å². The lowest BCUT2D eigenvalue weighted by atomic mass is 10.2. The third-order valence-corrected chi connectivity index (χ3v) is 2.84. The zero-order chi connectivity index (χ0) is 8.81. The summed E-state index contributed by atoms with van der Waals surface area (Å²) < 4.78 is 0. The number of benzene rings is 1. The summed E-state index contributed by atoms with van der Waals surface area (Å²) in [5.74, 6) is 2.19. The Balaban J connectivity index is 2.37. The molecule has 0 saturated carbocycles. The van der Waals surface area contributed by atoms with Gasteiger partial charge in [-0.3, -0.25) is 0 Å². The molecule has 3 heteroatoms. The van der Waals surface area contributed by atoms with Crippen molar-refractivity contribution in [2.45, 2.75) is 5.75 Å². The SMILES string of the molecule is [NH3+]CCSCc1ccc(Cl)cc1. The molecule has 1 nitrogen and oxygen atoms in total. The van der Waals surface area contributed by atoms with Crippen molar-refractivity contribution in [3.05, 3.63) is 34.9 Å². The molecule has 0 aromatic heterocycles. The highest BCUT2D eigenvalue weighted by molar-refractivity contribution is 7.98. The first kappa shape index (κ1) is 9.90. The fourth-order valence-corrected chi connectivity index (χ4v) is 1.78. The van der Waals surface area contributed by atoms with Gasteiger partial charge in [0.2, 0.25) is 0 Å². The lowest BCUT2D eigenvalue weighted by molar-refractivity contribution is -0.360. The summed E-state index contributed by atoms with van der Waals surface area (Å²) in [5, 5.41) is 0.806. The molecule has 0 aliphatic heterocycles. The minimum atomic E-state index is 0.806. The summed E-state index contributed by atoms with van der Waals surface area (Å²) in [4.78, 5) is 0. The molecule has 0 unspecified atom stereocenters. The predicted octanol–water partition coefficient (Wildman–Crippen LogP) is 1.82. The molecular weight excluding hydrogens is 190 g/mol. The van der Waals surface area contributed by atoms with Gasteiger partial charge in [-0.2, -0.15) is 11.8 Å². The van der Waals surface area contributed by atoms with Gasteiger partial charge < -0.3 is 5.73 Å². The van der Waals surface area contributed by atoms with Crippen LogP contribution in [-0.2, 0) is 5.75 Å². The molecule has 0 fully saturated rings. The lowest BCUT2D eigenvalue weighted by Gasteiger charge is -1.98. The van der Waals surface area contributed by atoms with E-state index in [-0.39, 0.29) is 0 Å². The van der Waals surface area contributed by atoms with E-state index >= 15 is 0 Å². The van der Waals surface area contributed by atoms with Crippen LogP contribution in [0.15, 0.2) is 24.3 Å². The first-order valence-corrected chi connectivity index (χ1v) is 5.47. The van der Waals surface area contributed by atoms with Crippen LogP contribution in [0.25, 0.3) is 0 Å². The van der Waals surface area contributed by atoms with E-state index in [2.05, 4.69) is 17.9 Å². The van der Waals surface area contributed by atoms with Crippen molar-refractivity contribution in [1.82, 2.24) is 0 Å². The maximum absolute atomic E-state index is 5.76. The number of thioether (sulfide) groups is 1. The number of hydrogen-bond acceptors (Lipinski definition) is 1. The first-order valence-electron chi connectivity index (χ1n) is 3.94. The second kappa shape index (κ2) is 5.46. The average molecular weight is 203 g/mol. The predicted molar refractivity (Wildman–Crippen MR) is 55.4 cm³/mol. The van der Waals surface area contributed by atoms with Gasteiger partial charge in [0.05, 0.1) is 6.54 Å². The van der Waals surface area contributed by atoms with E-state index in [1.165, 1.54) is 5.56 Å². The standard InChI is InChI=1S/C9H12ClNS/c10-9-3-1-8(2-4-9)7-12-6-5-11/h1-4H,5-7,11H2/p+1. The third-order valence-electron chi connectivity index (χ3n) is 1.47. The highest BCUT2D eigenvalue weighted by Crippen LogP contribution is 2.14. The molecule has 1 aromatic rings. The fourth-order valence-electron chi connectivity index (χ4n) is 0.873. The van der Waals surface area contributed by atoms with Gasteiger partial charge in [-0.05, 0) is 17.7 Å². The van der Waals surface area contributed by atoms with Gasteiger partial charge in [-0.25, -0.2) is 0 Å². The van der Waals surface area contributed by atoms with Crippen molar-refractivity contribution >= 4 is 23.4 Å². The minimum Gasteiger partial charge on any atom is -0.357 e. The summed E-state index contributed by atoms with van der Waals surface area (Å²) in [7, 11) is 0. The second-order valence-corrected chi connectivity index (χ2v) is 4.07. The van der Waals surface area contributed by atoms with Crippen molar-refractivity contribution in [3.8, 4) is 0 Å². The van der Waals surface area contributed by atoms with E-state index in [0.29, 0.717) is 0 Å². The molecule has 0 saturated heterocycles. The van der Waals surface area contributed by atoms with Crippen LogP contribution >= 0.6 is 23.4 Å². The number of halogens is 1. The van der Waals surface area contributed by atoms with Crippen LogP contribution in [0, 0.1) is 0 Å². The van der Waals surface area contributed by atoms with Crippen LogP contribution in [-0.4, -0.2) is 12.3 Å². The second-order valence-electron chi connectivity index (χ2n) is 2.53. The Morgan fingerprint density at radius 1 is 1.25 bits per heavy atom. The quantitative estimate of drug-likeness (QED) is 0.742. The molecule has 0 aliphatic carbocycles. The van der Waals surface area contributed by atoms with Crippen LogP contribution in [0.3, 0.4) is 0 Å². The van der Waals surface area contributed by atoms with Crippen molar-refractivity contribution < 1.29 is 5.73 Å². The molecule has 0 bridgehead atoms. The summed E-state index contributed by atoms with van der Waals surface area (Å²) >= 11 is 7.66. The Morgan fingerprint density at radius 3 is 2.50 bits per heavy atom. The Bertz CT molecular complexity index is 222. The Labute approximate surface area is 82.3 Å².